The maximum absolute atomic E-state index is 12.6. The molecule has 0 unspecified atom stereocenters. The van der Waals surface area contributed by atoms with Crippen LogP contribution in [-0.2, 0) is 14.2 Å². The van der Waals surface area contributed by atoms with E-state index in [2.05, 4.69) is 59.6 Å². The van der Waals surface area contributed by atoms with E-state index in [9.17, 15) is 14.4 Å². The number of ether oxygens (including phenoxy) is 3. The Kier molecular flexibility index (Phi) is 21.8. The summed E-state index contributed by atoms with van der Waals surface area (Å²) < 4.78 is 15.9. The molecule has 0 spiro atoms. The van der Waals surface area contributed by atoms with Crippen LogP contribution in [0.5, 0.6) is 0 Å². The van der Waals surface area contributed by atoms with Crippen molar-refractivity contribution >= 4 is 68.1 Å². The summed E-state index contributed by atoms with van der Waals surface area (Å²) in [5.74, 6) is 0.323. The highest BCUT2D eigenvalue weighted by Crippen LogP contribution is 2.27. The molecule has 12 rings (SSSR count). The largest absolute Gasteiger partial charge is 0.478 e. The molecule has 0 amide bonds. The molecule has 9 N–H and O–H groups in total. The fraction of sp³-hybridized carbons (Fsp3) is 0.323. The van der Waals surface area contributed by atoms with Crippen molar-refractivity contribution < 1.29 is 33.7 Å². The van der Waals surface area contributed by atoms with Crippen LogP contribution in [0, 0.1) is 0 Å². The summed E-state index contributed by atoms with van der Waals surface area (Å²) in [6.07, 6.45) is 7.00. The summed E-state index contributed by atoms with van der Waals surface area (Å²) in [4.78, 5) is 81.2. The molecule has 0 radical (unpaired) electrons. The number of aromatic nitrogens is 9. The first kappa shape index (κ1) is 60.6. The van der Waals surface area contributed by atoms with Gasteiger partial charge in [0.05, 0.1) is 78.8 Å². The highest BCUT2D eigenvalue weighted by molar-refractivity contribution is 5.98. The summed E-state index contributed by atoms with van der Waals surface area (Å²) in [5.41, 5.74) is 32.9. The van der Waals surface area contributed by atoms with Crippen LogP contribution in [0.15, 0.2) is 128 Å². The molecule has 3 aliphatic heterocycles. The van der Waals surface area contributed by atoms with Gasteiger partial charge in [0.25, 0.3) is 0 Å². The van der Waals surface area contributed by atoms with Gasteiger partial charge >= 0.3 is 5.97 Å². The number of carboxylic acid groups (broad SMARTS) is 1. The van der Waals surface area contributed by atoms with Crippen LogP contribution in [0.1, 0.15) is 56.8 Å². The number of carboxylic acids is 1. The number of Topliss-reactive ketones (excluding diaryl/α,β-unsaturated/α-hetero) is 2. The third-order valence-corrected chi connectivity index (χ3v) is 14.4. The molecule has 9 aromatic rings. The lowest BCUT2D eigenvalue weighted by atomic mass is 10.0. The molecular weight excluding hydrogens is 1080 g/mol. The molecule has 0 bridgehead atoms. The number of rotatable bonds is 16. The van der Waals surface area contributed by atoms with E-state index in [0.717, 1.165) is 140 Å². The average Bonchev–Trinajstić information content (AvgIpc) is 3.66. The fourth-order valence-corrected chi connectivity index (χ4v) is 9.75. The second-order valence-corrected chi connectivity index (χ2v) is 20.2. The highest BCUT2D eigenvalue weighted by atomic mass is 16.5. The predicted molar refractivity (Wildman–Crippen MR) is 326 cm³/mol. The van der Waals surface area contributed by atoms with Gasteiger partial charge in [-0.25, -0.2) is 49.7 Å². The number of nitrogens with zero attached hydrogens (tertiary/aromatic N) is 12. The summed E-state index contributed by atoms with van der Waals surface area (Å²) in [6.45, 7) is 14.4. The van der Waals surface area contributed by atoms with E-state index < -0.39 is 5.97 Å². The lowest BCUT2D eigenvalue weighted by Crippen LogP contribution is -2.39. The first-order chi connectivity index (χ1) is 41.5. The molecule has 85 heavy (non-hydrogen) atoms. The minimum absolute atomic E-state index is 0.152. The van der Waals surface area contributed by atoms with Crippen LogP contribution in [0.2, 0.25) is 0 Å². The second kappa shape index (κ2) is 30.6. The van der Waals surface area contributed by atoms with Crippen LogP contribution >= 0.6 is 0 Å². The molecule has 23 nitrogen and oxygen atoms in total. The number of nitrogen functional groups attached to an aromatic ring is 3. The molecular formula is C62H70N16O7. The zero-order chi connectivity index (χ0) is 59.3. The van der Waals surface area contributed by atoms with Gasteiger partial charge < -0.3 is 42.3 Å². The molecule has 3 saturated heterocycles. The Labute approximate surface area is 491 Å². The van der Waals surface area contributed by atoms with Crippen molar-refractivity contribution in [2.45, 2.75) is 25.7 Å². The number of anilines is 3. The minimum Gasteiger partial charge on any atom is -0.478 e. The van der Waals surface area contributed by atoms with Crippen LogP contribution in [0.4, 0.5) is 17.5 Å². The average molecular weight is 1150 g/mol. The van der Waals surface area contributed by atoms with E-state index in [1.54, 1.807) is 30.3 Å². The molecule has 0 atom stereocenters. The smallest absolute Gasteiger partial charge is 0.335 e. The third-order valence-electron chi connectivity index (χ3n) is 14.4. The number of hydrogen-bond donors (Lipinski definition) is 5. The minimum atomic E-state index is -0.976. The van der Waals surface area contributed by atoms with Crippen molar-refractivity contribution in [2.24, 2.45) is 5.73 Å². The number of benzene rings is 3. The Morgan fingerprint density at radius 3 is 1.11 bits per heavy atom. The molecule has 440 valence electrons. The zero-order valence-electron chi connectivity index (χ0n) is 47.3. The molecule has 23 heteroatoms. The van der Waals surface area contributed by atoms with Crippen molar-refractivity contribution in [3.05, 3.63) is 145 Å². The van der Waals surface area contributed by atoms with E-state index in [1.807, 2.05) is 72.8 Å². The topological polar surface area (TPSA) is 329 Å². The third kappa shape index (κ3) is 17.1. The van der Waals surface area contributed by atoms with Crippen molar-refractivity contribution in [3.8, 4) is 33.8 Å². The van der Waals surface area contributed by atoms with E-state index >= 15 is 0 Å². The molecule has 0 saturated carbocycles. The lowest BCUT2D eigenvalue weighted by Gasteiger charge is -2.26. The van der Waals surface area contributed by atoms with Gasteiger partial charge in [-0.3, -0.25) is 24.3 Å². The first-order valence-electron chi connectivity index (χ1n) is 28.3. The van der Waals surface area contributed by atoms with Crippen molar-refractivity contribution in [1.29, 1.82) is 0 Å². The summed E-state index contributed by atoms with van der Waals surface area (Å²) >= 11 is 0. The zero-order valence-corrected chi connectivity index (χ0v) is 47.3. The van der Waals surface area contributed by atoms with E-state index in [4.69, 9.17) is 42.3 Å². The first-order valence-corrected chi connectivity index (χ1v) is 28.3. The van der Waals surface area contributed by atoms with Gasteiger partial charge in [-0.1, -0.05) is 48.5 Å². The van der Waals surface area contributed by atoms with Gasteiger partial charge in [-0.2, -0.15) is 0 Å². The Hall–Kier alpha value is -8.94. The predicted octanol–water partition coefficient (Wildman–Crippen LogP) is 6.39. The number of pyridine rings is 3. The molecule has 3 aliphatic rings. The van der Waals surface area contributed by atoms with E-state index in [1.165, 1.54) is 25.0 Å². The van der Waals surface area contributed by atoms with Gasteiger partial charge in [0.2, 0.25) is 0 Å². The van der Waals surface area contributed by atoms with Gasteiger partial charge in [-0.15, -0.1) is 0 Å². The monoisotopic (exact) mass is 1150 g/mol. The summed E-state index contributed by atoms with van der Waals surface area (Å²) in [7, 11) is 0. The quantitative estimate of drug-likeness (QED) is 0.0654. The Balaban J connectivity index is 0.000000144. The van der Waals surface area contributed by atoms with Crippen LogP contribution < -0.4 is 22.9 Å². The van der Waals surface area contributed by atoms with E-state index in [0.29, 0.717) is 85.8 Å². The number of hydrogen-bond acceptors (Lipinski definition) is 22. The Morgan fingerprint density at radius 2 is 0.765 bits per heavy atom. The van der Waals surface area contributed by atoms with Gasteiger partial charge in [0, 0.05) is 93.0 Å². The number of carbonyl (C=O) groups excluding carboxylic acids is 2. The molecule has 0 aliphatic carbocycles. The molecule has 3 fully saturated rings. The summed E-state index contributed by atoms with van der Waals surface area (Å²) in [5, 5.41) is 9.01. The summed E-state index contributed by atoms with van der Waals surface area (Å²) in [6, 6.07) is 32.8. The lowest BCUT2D eigenvalue weighted by molar-refractivity contribution is 0.0370. The SMILES string of the molecule is NCCN1CCOCC1.Nc1ncnc2ccc(-c3cccc(C(=O)CCCN4CCOCC4)c3)nc12.Nc1ncnc2ccc(-c3cccc(C(=O)CCCN4CCOCC4)c3)nc12.Nc1ncnc2ccc(-c3cccc(C(=O)O)c3)nc12. The van der Waals surface area contributed by atoms with Gasteiger partial charge in [-0.05, 0) is 86.6 Å². The normalized spacial score (nSPS) is 14.7. The van der Waals surface area contributed by atoms with Crippen LogP contribution in [0.25, 0.3) is 66.9 Å². The number of nitrogens with two attached hydrogens (primary N) is 4. The van der Waals surface area contributed by atoms with Crippen molar-refractivity contribution in [3.63, 3.8) is 0 Å². The van der Waals surface area contributed by atoms with Crippen molar-refractivity contribution in [2.75, 3.05) is 122 Å². The maximum Gasteiger partial charge on any atom is 0.335 e. The maximum atomic E-state index is 12.6. The number of aromatic carboxylic acids is 1. The number of fused-ring (bicyclic) bond motifs is 3. The molecule has 9 heterocycles. The number of carbonyl (C=O) groups is 3. The van der Waals surface area contributed by atoms with E-state index in [-0.39, 0.29) is 17.1 Å². The second-order valence-electron chi connectivity index (χ2n) is 20.2. The number of ketones is 2. The molecule has 3 aromatic carbocycles. The van der Waals surface area contributed by atoms with Gasteiger partial charge in [0.1, 0.15) is 35.5 Å². The highest BCUT2D eigenvalue weighted by Gasteiger charge is 2.16. The van der Waals surface area contributed by atoms with Crippen LogP contribution in [-0.4, -0.2) is 187 Å². The van der Waals surface area contributed by atoms with Gasteiger partial charge in [0.15, 0.2) is 29.0 Å². The molecule has 6 aromatic heterocycles. The standard InChI is InChI=1S/2C21H23N5O2.C14H10N4O2.C6H14N2O/c2*22-21-20-18(23-14-24-21)7-6-17(25-20)15-3-1-4-16(13-15)19(27)5-2-8-26-9-11-28-12-10-26;15-13-12-11(16-7-17-13)5-4-10(18-12)8-2-1-3-9(6-8)14(19)20;7-1-2-8-3-5-9-6-4-8/h2*1,3-4,6-7,13-14H,2,5,8-12H2,(H2,22,23,24);1-7H,(H,19,20)(H2,15,16,17);1-7H2. The number of morpholine rings is 3. The Morgan fingerprint density at radius 1 is 0.435 bits per heavy atom. The fourth-order valence-electron chi connectivity index (χ4n) is 9.75. The van der Waals surface area contributed by atoms with Crippen LogP contribution in [0.3, 0.4) is 0 Å². The van der Waals surface area contributed by atoms with Crippen molar-refractivity contribution in [1.82, 2.24) is 59.6 Å². The Bertz CT molecular complexity index is 3540.